The lowest BCUT2D eigenvalue weighted by atomic mass is 9.97. The fourth-order valence-corrected chi connectivity index (χ4v) is 3.03. The van der Waals surface area contributed by atoms with E-state index in [9.17, 15) is 9.18 Å². The summed E-state index contributed by atoms with van der Waals surface area (Å²) >= 11 is 1.35. The number of thiophene rings is 1. The molecule has 0 bridgehead atoms. The fourth-order valence-electron chi connectivity index (χ4n) is 2.11. The average Bonchev–Trinajstić information content (AvgIpc) is 3.22. The second-order valence-corrected chi connectivity index (χ2v) is 7.70. The molecule has 3 aromatic rings. The van der Waals surface area contributed by atoms with E-state index < -0.39 is 0 Å². The maximum Gasteiger partial charge on any atom is 0.261 e. The van der Waals surface area contributed by atoms with Crippen LogP contribution in [0.15, 0.2) is 40.9 Å². The van der Waals surface area contributed by atoms with Crippen molar-refractivity contribution in [1.29, 1.82) is 0 Å². The van der Waals surface area contributed by atoms with Crippen LogP contribution < -0.4 is 5.32 Å². The highest BCUT2D eigenvalue weighted by molar-refractivity contribution is 7.17. The van der Waals surface area contributed by atoms with Gasteiger partial charge in [0, 0.05) is 10.3 Å². The molecule has 2 aromatic heterocycles. The Labute approximate surface area is 148 Å². The summed E-state index contributed by atoms with van der Waals surface area (Å²) in [4.78, 5) is 18.0. The molecule has 25 heavy (non-hydrogen) atoms. The molecule has 1 amide bonds. The monoisotopic (exact) mass is 359 g/mol. The highest BCUT2D eigenvalue weighted by atomic mass is 32.1. The minimum absolute atomic E-state index is 0.197. The first kappa shape index (κ1) is 17.3. The van der Waals surface area contributed by atoms with Gasteiger partial charge < -0.3 is 9.84 Å². The molecule has 0 atom stereocenters. The van der Waals surface area contributed by atoms with Gasteiger partial charge in [-0.15, -0.1) is 11.3 Å². The number of amides is 1. The second kappa shape index (κ2) is 6.76. The highest BCUT2D eigenvalue weighted by Crippen LogP contribution is 2.28. The van der Waals surface area contributed by atoms with Gasteiger partial charge in [-0.1, -0.05) is 38.1 Å². The molecule has 3 rings (SSSR count). The predicted octanol–water partition coefficient (Wildman–Crippen LogP) is 4.16. The Morgan fingerprint density at radius 1 is 1.20 bits per heavy atom. The summed E-state index contributed by atoms with van der Waals surface area (Å²) in [5, 5.41) is 6.66. The third-order valence-corrected chi connectivity index (χ3v) is 4.61. The van der Waals surface area contributed by atoms with Gasteiger partial charge in [-0.2, -0.15) is 4.98 Å². The molecule has 7 heteroatoms. The van der Waals surface area contributed by atoms with Crippen molar-refractivity contribution in [2.75, 3.05) is 0 Å². The van der Waals surface area contributed by atoms with E-state index in [0.717, 1.165) is 10.4 Å². The van der Waals surface area contributed by atoms with E-state index >= 15 is 0 Å². The third kappa shape index (κ3) is 4.11. The number of rotatable bonds is 4. The van der Waals surface area contributed by atoms with Crippen molar-refractivity contribution in [3.8, 4) is 10.4 Å². The van der Waals surface area contributed by atoms with E-state index in [2.05, 4.69) is 15.5 Å². The molecule has 0 spiro atoms. The molecule has 0 aliphatic heterocycles. The van der Waals surface area contributed by atoms with Gasteiger partial charge in [0.2, 0.25) is 5.89 Å². The van der Waals surface area contributed by atoms with Gasteiger partial charge >= 0.3 is 0 Å². The van der Waals surface area contributed by atoms with Crippen molar-refractivity contribution in [3.05, 3.63) is 58.8 Å². The lowest BCUT2D eigenvalue weighted by Gasteiger charge is -2.10. The topological polar surface area (TPSA) is 68.0 Å². The number of hydrogen-bond donors (Lipinski definition) is 1. The standard InChI is InChI=1S/C18H18FN3O2S/c1-18(2,3)17-21-15(22-24-17)10-20-16(23)14-9-8-13(25-14)11-4-6-12(19)7-5-11/h4-9H,10H2,1-3H3,(H,20,23). The van der Waals surface area contributed by atoms with Gasteiger partial charge in [-0.05, 0) is 29.8 Å². The van der Waals surface area contributed by atoms with Crippen molar-refractivity contribution in [2.45, 2.75) is 32.7 Å². The van der Waals surface area contributed by atoms with E-state index in [1.807, 2.05) is 26.8 Å². The Balaban J connectivity index is 1.64. The number of carbonyl (C=O) groups excluding carboxylic acids is 1. The quantitative estimate of drug-likeness (QED) is 0.759. The minimum Gasteiger partial charge on any atom is -0.344 e. The summed E-state index contributed by atoms with van der Waals surface area (Å²) in [5.41, 5.74) is 0.644. The van der Waals surface area contributed by atoms with E-state index in [0.29, 0.717) is 16.6 Å². The van der Waals surface area contributed by atoms with Crippen LogP contribution in [0.25, 0.3) is 10.4 Å². The zero-order chi connectivity index (χ0) is 18.0. The van der Waals surface area contributed by atoms with Crippen LogP contribution in [-0.2, 0) is 12.0 Å². The van der Waals surface area contributed by atoms with Crippen LogP contribution >= 0.6 is 11.3 Å². The molecule has 5 nitrogen and oxygen atoms in total. The van der Waals surface area contributed by atoms with E-state index in [-0.39, 0.29) is 23.7 Å². The first-order valence-corrected chi connectivity index (χ1v) is 8.61. The van der Waals surface area contributed by atoms with E-state index in [1.165, 1.54) is 23.5 Å². The molecule has 0 saturated heterocycles. The lowest BCUT2D eigenvalue weighted by molar-refractivity contribution is 0.0953. The third-order valence-electron chi connectivity index (χ3n) is 3.48. The summed E-state index contributed by atoms with van der Waals surface area (Å²) < 4.78 is 18.2. The second-order valence-electron chi connectivity index (χ2n) is 6.62. The van der Waals surface area contributed by atoms with Crippen molar-refractivity contribution in [3.63, 3.8) is 0 Å². The molecule has 0 aliphatic carbocycles. The molecule has 0 unspecified atom stereocenters. The van der Waals surface area contributed by atoms with E-state index in [1.54, 1.807) is 18.2 Å². The van der Waals surface area contributed by atoms with Gasteiger partial charge in [-0.25, -0.2) is 4.39 Å². The number of carbonyl (C=O) groups is 1. The molecule has 1 N–H and O–H groups in total. The fraction of sp³-hybridized carbons (Fsp3) is 0.278. The average molecular weight is 359 g/mol. The normalized spacial score (nSPS) is 11.5. The predicted molar refractivity (Wildman–Crippen MR) is 93.9 cm³/mol. The number of nitrogens with one attached hydrogen (secondary N) is 1. The SMILES string of the molecule is CC(C)(C)c1nc(CNC(=O)c2ccc(-c3ccc(F)cc3)s2)no1. The van der Waals surface area contributed by atoms with Crippen LogP contribution in [0.3, 0.4) is 0 Å². The Bertz CT molecular complexity index is 878. The summed E-state index contributed by atoms with van der Waals surface area (Å²) in [7, 11) is 0. The Kier molecular flexibility index (Phi) is 4.67. The van der Waals surface area contributed by atoms with Crippen LogP contribution in [0.5, 0.6) is 0 Å². The maximum absolute atomic E-state index is 13.0. The first-order valence-electron chi connectivity index (χ1n) is 7.80. The zero-order valence-corrected chi connectivity index (χ0v) is 15.0. The summed E-state index contributed by atoms with van der Waals surface area (Å²) in [6, 6.07) is 9.77. The molecule has 2 heterocycles. The van der Waals surface area contributed by atoms with Gasteiger partial charge in [0.25, 0.3) is 5.91 Å². The number of aromatic nitrogens is 2. The number of nitrogens with zero attached hydrogens (tertiary/aromatic N) is 2. The molecule has 130 valence electrons. The summed E-state index contributed by atoms with van der Waals surface area (Å²) in [5.74, 6) is 0.480. The molecule has 0 aliphatic rings. The van der Waals surface area contributed by atoms with Gasteiger partial charge in [0.1, 0.15) is 5.82 Å². The van der Waals surface area contributed by atoms with Crippen LogP contribution in [-0.4, -0.2) is 16.0 Å². The molecular formula is C18H18FN3O2S. The van der Waals surface area contributed by atoms with Crippen LogP contribution in [0.1, 0.15) is 42.2 Å². The van der Waals surface area contributed by atoms with Gasteiger partial charge in [-0.3, -0.25) is 4.79 Å². The Hall–Kier alpha value is -2.54. The van der Waals surface area contributed by atoms with Crippen LogP contribution in [0.2, 0.25) is 0 Å². The zero-order valence-electron chi connectivity index (χ0n) is 14.2. The molecular weight excluding hydrogens is 341 g/mol. The van der Waals surface area contributed by atoms with Crippen molar-refractivity contribution in [2.24, 2.45) is 0 Å². The van der Waals surface area contributed by atoms with Crippen LogP contribution in [0, 0.1) is 5.82 Å². The van der Waals surface area contributed by atoms with Gasteiger partial charge in [0.05, 0.1) is 11.4 Å². The van der Waals surface area contributed by atoms with E-state index in [4.69, 9.17) is 4.52 Å². The molecule has 0 radical (unpaired) electrons. The summed E-state index contributed by atoms with van der Waals surface area (Å²) in [6.45, 7) is 6.13. The highest BCUT2D eigenvalue weighted by Gasteiger charge is 2.22. The van der Waals surface area contributed by atoms with Crippen molar-refractivity contribution >= 4 is 17.2 Å². The number of halogens is 1. The smallest absolute Gasteiger partial charge is 0.261 e. The Morgan fingerprint density at radius 2 is 1.92 bits per heavy atom. The van der Waals surface area contributed by atoms with Gasteiger partial charge in [0.15, 0.2) is 5.82 Å². The minimum atomic E-state index is -0.284. The summed E-state index contributed by atoms with van der Waals surface area (Å²) in [6.07, 6.45) is 0. The van der Waals surface area contributed by atoms with Crippen LogP contribution in [0.4, 0.5) is 4.39 Å². The lowest BCUT2D eigenvalue weighted by Crippen LogP contribution is -2.22. The molecule has 1 aromatic carbocycles. The number of hydrogen-bond acceptors (Lipinski definition) is 5. The van der Waals surface area contributed by atoms with Crippen molar-refractivity contribution < 1.29 is 13.7 Å². The maximum atomic E-state index is 13.0. The van der Waals surface area contributed by atoms with Crippen molar-refractivity contribution in [1.82, 2.24) is 15.5 Å². The largest absolute Gasteiger partial charge is 0.344 e. The molecule has 0 saturated carbocycles. The first-order chi connectivity index (χ1) is 11.8. The molecule has 0 fully saturated rings. The Morgan fingerprint density at radius 3 is 2.56 bits per heavy atom. The number of benzene rings is 1.